The second kappa shape index (κ2) is 4.23. The maximum atomic E-state index is 12.3. The molecule has 1 aromatic rings. The van der Waals surface area contributed by atoms with Crippen LogP contribution in [-0.2, 0) is 10.2 Å². The van der Waals surface area contributed by atoms with E-state index in [1.54, 1.807) is 0 Å². The third-order valence-electron chi connectivity index (χ3n) is 3.95. The Morgan fingerprint density at radius 2 is 2.11 bits per heavy atom. The second-order valence-electron chi connectivity index (χ2n) is 6.35. The normalized spacial score (nSPS) is 22.6. The Morgan fingerprint density at radius 1 is 1.32 bits per heavy atom. The van der Waals surface area contributed by atoms with Crippen LogP contribution in [0.3, 0.4) is 0 Å². The van der Waals surface area contributed by atoms with Crippen molar-refractivity contribution in [2.24, 2.45) is 0 Å². The van der Waals surface area contributed by atoms with Crippen LogP contribution in [0.15, 0.2) is 18.2 Å². The second-order valence-corrected chi connectivity index (χ2v) is 6.35. The van der Waals surface area contributed by atoms with Crippen molar-refractivity contribution < 1.29 is 4.79 Å². The van der Waals surface area contributed by atoms with Crippen LogP contribution >= 0.6 is 0 Å². The average molecular weight is 259 g/mol. The van der Waals surface area contributed by atoms with Gasteiger partial charge in [0, 0.05) is 19.6 Å². The molecule has 0 bridgehead atoms. The van der Waals surface area contributed by atoms with Crippen molar-refractivity contribution in [1.29, 1.82) is 0 Å². The Bertz CT molecular complexity index is 519. The van der Waals surface area contributed by atoms with Crippen molar-refractivity contribution in [2.45, 2.75) is 32.2 Å². The number of benzene rings is 1. The molecule has 1 fully saturated rings. The molecule has 102 valence electrons. The van der Waals surface area contributed by atoms with Gasteiger partial charge in [-0.2, -0.15) is 0 Å². The van der Waals surface area contributed by atoms with Crippen LogP contribution in [0.5, 0.6) is 0 Å². The van der Waals surface area contributed by atoms with E-state index in [1.165, 1.54) is 11.3 Å². The molecule has 0 radical (unpaired) electrons. The van der Waals surface area contributed by atoms with E-state index in [1.807, 2.05) is 0 Å². The van der Waals surface area contributed by atoms with Crippen LogP contribution in [0.1, 0.15) is 26.3 Å². The Balaban J connectivity index is 2.12. The van der Waals surface area contributed by atoms with Gasteiger partial charge >= 0.3 is 0 Å². The predicted octanol–water partition coefficient (Wildman–Crippen LogP) is 1.71. The van der Waals surface area contributed by atoms with Crippen molar-refractivity contribution in [1.82, 2.24) is 5.32 Å². The Kier molecular flexibility index (Phi) is 2.78. The summed E-state index contributed by atoms with van der Waals surface area (Å²) >= 11 is 0. The van der Waals surface area contributed by atoms with Gasteiger partial charge in [-0.3, -0.25) is 4.79 Å². The fourth-order valence-corrected chi connectivity index (χ4v) is 2.97. The zero-order chi connectivity index (χ0) is 13.6. The fraction of sp³-hybridized carbons (Fsp3) is 0.533. The first-order valence-corrected chi connectivity index (χ1v) is 6.90. The molecule has 3 rings (SSSR count). The Labute approximate surface area is 114 Å². The van der Waals surface area contributed by atoms with E-state index in [0.29, 0.717) is 0 Å². The SMILES string of the molecule is CC(C)(C)c1cccc2c1NC(=O)C1CNCCN21. The van der Waals surface area contributed by atoms with E-state index in [9.17, 15) is 4.79 Å². The minimum Gasteiger partial charge on any atom is -0.356 e. The highest BCUT2D eigenvalue weighted by atomic mass is 16.2. The van der Waals surface area contributed by atoms with Crippen LogP contribution in [0.2, 0.25) is 0 Å². The van der Waals surface area contributed by atoms with Gasteiger partial charge in [-0.15, -0.1) is 0 Å². The predicted molar refractivity (Wildman–Crippen MR) is 77.8 cm³/mol. The van der Waals surface area contributed by atoms with E-state index in [2.05, 4.69) is 54.5 Å². The lowest BCUT2D eigenvalue weighted by molar-refractivity contribution is -0.117. The van der Waals surface area contributed by atoms with E-state index in [-0.39, 0.29) is 17.4 Å². The van der Waals surface area contributed by atoms with Gasteiger partial charge in [-0.05, 0) is 17.0 Å². The number of nitrogens with zero attached hydrogens (tertiary/aromatic N) is 1. The first-order valence-electron chi connectivity index (χ1n) is 6.90. The van der Waals surface area contributed by atoms with Crippen LogP contribution in [0, 0.1) is 0 Å². The molecule has 19 heavy (non-hydrogen) atoms. The summed E-state index contributed by atoms with van der Waals surface area (Å²) in [4.78, 5) is 14.5. The number of anilines is 2. The monoisotopic (exact) mass is 259 g/mol. The number of para-hydroxylation sites is 1. The van der Waals surface area contributed by atoms with Gasteiger partial charge in [0.25, 0.3) is 0 Å². The maximum absolute atomic E-state index is 12.3. The van der Waals surface area contributed by atoms with Gasteiger partial charge in [-0.1, -0.05) is 32.9 Å². The van der Waals surface area contributed by atoms with Crippen LogP contribution in [0.25, 0.3) is 0 Å². The summed E-state index contributed by atoms with van der Waals surface area (Å²) in [6.07, 6.45) is 0. The number of fused-ring (bicyclic) bond motifs is 3. The van der Waals surface area contributed by atoms with Crippen LogP contribution in [0.4, 0.5) is 11.4 Å². The van der Waals surface area contributed by atoms with E-state index < -0.39 is 0 Å². The van der Waals surface area contributed by atoms with Crippen molar-refractivity contribution in [3.63, 3.8) is 0 Å². The molecular weight excluding hydrogens is 238 g/mol. The molecule has 1 unspecified atom stereocenters. The Morgan fingerprint density at radius 3 is 2.84 bits per heavy atom. The molecule has 2 aliphatic heterocycles. The van der Waals surface area contributed by atoms with Crippen molar-refractivity contribution in [3.05, 3.63) is 23.8 Å². The van der Waals surface area contributed by atoms with Crippen molar-refractivity contribution in [2.75, 3.05) is 29.9 Å². The quantitative estimate of drug-likeness (QED) is 0.745. The minimum absolute atomic E-state index is 0.0273. The number of hydrogen-bond acceptors (Lipinski definition) is 3. The highest BCUT2D eigenvalue weighted by Gasteiger charge is 2.36. The number of carbonyl (C=O) groups excluding carboxylic acids is 1. The Hall–Kier alpha value is -1.55. The first-order chi connectivity index (χ1) is 8.98. The van der Waals surface area contributed by atoms with Gasteiger partial charge in [-0.25, -0.2) is 0 Å². The topological polar surface area (TPSA) is 44.4 Å². The summed E-state index contributed by atoms with van der Waals surface area (Å²) in [5, 5.41) is 6.40. The third kappa shape index (κ3) is 2.00. The summed E-state index contributed by atoms with van der Waals surface area (Å²) in [5.74, 6) is 0.108. The lowest BCUT2D eigenvalue weighted by atomic mass is 9.84. The molecular formula is C15H21N3O. The van der Waals surface area contributed by atoms with Gasteiger partial charge < -0.3 is 15.5 Å². The number of hydrogen-bond donors (Lipinski definition) is 2. The number of carbonyl (C=O) groups is 1. The van der Waals surface area contributed by atoms with E-state index in [4.69, 9.17) is 0 Å². The molecule has 1 atom stereocenters. The summed E-state index contributed by atoms with van der Waals surface area (Å²) in [5.41, 5.74) is 3.39. The third-order valence-corrected chi connectivity index (χ3v) is 3.95. The smallest absolute Gasteiger partial charge is 0.248 e. The summed E-state index contributed by atoms with van der Waals surface area (Å²) in [6.45, 7) is 9.09. The van der Waals surface area contributed by atoms with Crippen molar-refractivity contribution >= 4 is 17.3 Å². The van der Waals surface area contributed by atoms with Crippen molar-refractivity contribution in [3.8, 4) is 0 Å². The highest BCUT2D eigenvalue weighted by Crippen LogP contribution is 2.40. The average Bonchev–Trinajstić information content (AvgIpc) is 2.37. The largest absolute Gasteiger partial charge is 0.356 e. The number of amides is 1. The zero-order valence-electron chi connectivity index (χ0n) is 11.8. The fourth-order valence-electron chi connectivity index (χ4n) is 2.97. The molecule has 0 aromatic heterocycles. The molecule has 2 heterocycles. The number of rotatable bonds is 0. The lowest BCUT2D eigenvalue weighted by Gasteiger charge is -2.42. The molecule has 4 nitrogen and oxygen atoms in total. The molecule has 1 saturated heterocycles. The first kappa shape index (κ1) is 12.5. The molecule has 2 N–H and O–H groups in total. The minimum atomic E-state index is -0.0727. The van der Waals surface area contributed by atoms with E-state index >= 15 is 0 Å². The number of nitrogens with one attached hydrogen (secondary N) is 2. The van der Waals surface area contributed by atoms with Gasteiger partial charge in [0.2, 0.25) is 5.91 Å². The van der Waals surface area contributed by atoms with E-state index in [0.717, 1.165) is 25.3 Å². The van der Waals surface area contributed by atoms with Crippen LogP contribution < -0.4 is 15.5 Å². The maximum Gasteiger partial charge on any atom is 0.248 e. The zero-order valence-corrected chi connectivity index (χ0v) is 11.8. The standard InChI is InChI=1S/C15H21N3O/c1-15(2,3)10-5-4-6-11-13(10)17-14(19)12-9-16-7-8-18(11)12/h4-6,12,16H,7-9H2,1-3H3,(H,17,19). The molecule has 1 amide bonds. The van der Waals surface area contributed by atoms with Gasteiger partial charge in [0.15, 0.2) is 0 Å². The summed E-state index contributed by atoms with van der Waals surface area (Å²) < 4.78 is 0. The molecule has 0 aliphatic carbocycles. The lowest BCUT2D eigenvalue weighted by Crippen LogP contribution is -2.59. The molecule has 0 spiro atoms. The molecule has 4 heteroatoms. The molecule has 2 aliphatic rings. The molecule has 0 saturated carbocycles. The van der Waals surface area contributed by atoms with Gasteiger partial charge in [0.05, 0.1) is 11.4 Å². The van der Waals surface area contributed by atoms with Gasteiger partial charge in [0.1, 0.15) is 6.04 Å². The molecule has 1 aromatic carbocycles. The summed E-state index contributed by atoms with van der Waals surface area (Å²) in [7, 11) is 0. The number of piperazine rings is 1. The van der Waals surface area contributed by atoms with Crippen LogP contribution in [-0.4, -0.2) is 31.6 Å². The summed E-state index contributed by atoms with van der Waals surface area (Å²) in [6, 6.07) is 6.25. The highest BCUT2D eigenvalue weighted by molar-refractivity contribution is 6.05.